The summed E-state index contributed by atoms with van der Waals surface area (Å²) in [5, 5.41) is 11.6. The van der Waals surface area contributed by atoms with Crippen LogP contribution in [-0.4, -0.2) is 31.8 Å². The molecule has 0 unspecified atom stereocenters. The lowest BCUT2D eigenvalue weighted by molar-refractivity contribution is -0.376. The summed E-state index contributed by atoms with van der Waals surface area (Å²) in [4.78, 5) is 12.0. The third-order valence-corrected chi connectivity index (χ3v) is 4.73. The van der Waals surface area contributed by atoms with Crippen LogP contribution in [0.25, 0.3) is 0 Å². The van der Waals surface area contributed by atoms with Crippen LogP contribution in [0.4, 0.5) is 32.0 Å². The summed E-state index contributed by atoms with van der Waals surface area (Å²) >= 11 is 0. The number of hydrogen-bond donors (Lipinski definition) is 3. The third kappa shape index (κ3) is 5.30. The van der Waals surface area contributed by atoms with Gasteiger partial charge in [0.25, 0.3) is 5.60 Å². The Morgan fingerprint density at radius 1 is 0.833 bits per heavy atom. The number of anilines is 1. The van der Waals surface area contributed by atoms with E-state index >= 15 is 0 Å². The second-order valence-corrected chi connectivity index (χ2v) is 7.30. The molecule has 1 amide bonds. The maximum atomic E-state index is 12.9. The van der Waals surface area contributed by atoms with Crippen molar-refractivity contribution in [2.75, 3.05) is 5.32 Å². The molecule has 12 heteroatoms. The minimum absolute atomic E-state index is 0.0737. The van der Waals surface area contributed by atoms with Crippen LogP contribution in [0.15, 0.2) is 48.5 Å². The number of aliphatic hydroxyl groups is 1. The fourth-order valence-corrected chi connectivity index (χ4v) is 3.09. The number of nitrogens with one attached hydrogen (secondary N) is 1. The third-order valence-electron chi connectivity index (χ3n) is 4.11. The minimum Gasteiger partial charge on any atom is -0.369 e. The van der Waals surface area contributed by atoms with Gasteiger partial charge in [0.05, 0.1) is 12.2 Å². The molecule has 0 atom stereocenters. The summed E-state index contributed by atoms with van der Waals surface area (Å²) in [7, 11) is -2.60. The van der Waals surface area contributed by atoms with Gasteiger partial charge in [0.15, 0.2) is 0 Å². The fourth-order valence-electron chi connectivity index (χ4n) is 2.58. The van der Waals surface area contributed by atoms with Crippen molar-refractivity contribution in [3.05, 3.63) is 65.2 Å². The van der Waals surface area contributed by atoms with Gasteiger partial charge in [0.1, 0.15) is 10.7 Å². The largest absolute Gasteiger partial charge is 0.430 e. The van der Waals surface area contributed by atoms with Gasteiger partial charge in [-0.15, -0.1) is 0 Å². The molecule has 2 aromatic rings. The summed E-state index contributed by atoms with van der Waals surface area (Å²) in [5.74, 6) is -0.761. The number of thiol groups is 1. The van der Waals surface area contributed by atoms with Crippen LogP contribution in [0.5, 0.6) is 0 Å². The predicted octanol–water partition coefficient (Wildman–Crippen LogP) is 3.29. The smallest absolute Gasteiger partial charge is 0.369 e. The average Bonchev–Trinajstić information content (AvgIpc) is 2.61. The summed E-state index contributed by atoms with van der Waals surface area (Å²) in [6, 6.07) is 8.53. The maximum absolute atomic E-state index is 12.9. The maximum Gasteiger partial charge on any atom is 0.430 e. The molecule has 0 aliphatic heterocycles. The van der Waals surface area contributed by atoms with Gasteiger partial charge in [-0.1, -0.05) is 36.4 Å². The Balaban J connectivity index is 2.11. The number of carbonyl (C=O) groups excluding carboxylic acids is 1. The van der Waals surface area contributed by atoms with Crippen molar-refractivity contribution >= 4 is 22.3 Å². The van der Waals surface area contributed by atoms with Gasteiger partial charge in [-0.2, -0.15) is 26.3 Å². The number of hydrogen-bond acceptors (Lipinski definition) is 4. The van der Waals surface area contributed by atoms with E-state index in [4.69, 9.17) is 0 Å². The lowest BCUT2D eigenvalue weighted by Crippen LogP contribution is -2.53. The summed E-state index contributed by atoms with van der Waals surface area (Å²) in [6.07, 6.45) is -12.2. The first kappa shape index (κ1) is 23.7. The van der Waals surface area contributed by atoms with Gasteiger partial charge < -0.3 is 10.4 Å². The minimum atomic E-state index is -6.00. The molecule has 30 heavy (non-hydrogen) atoms. The summed E-state index contributed by atoms with van der Waals surface area (Å²) in [5.41, 5.74) is -5.52. The summed E-state index contributed by atoms with van der Waals surface area (Å²) in [6.45, 7) is 0. The second kappa shape index (κ2) is 8.64. The van der Waals surface area contributed by atoms with E-state index in [2.05, 4.69) is 5.32 Å². The molecule has 5 nitrogen and oxygen atoms in total. The van der Waals surface area contributed by atoms with Crippen LogP contribution >= 0.6 is 0 Å². The van der Waals surface area contributed by atoms with Gasteiger partial charge in [0, 0.05) is 11.3 Å². The molecular formula is C18H15F6NO4S. The van der Waals surface area contributed by atoms with E-state index in [1.54, 1.807) is 0 Å². The quantitative estimate of drug-likeness (QED) is 0.461. The van der Waals surface area contributed by atoms with Gasteiger partial charge in [-0.05, 0) is 23.3 Å². The number of alkyl halides is 6. The number of benzene rings is 2. The number of rotatable bonds is 6. The van der Waals surface area contributed by atoms with Crippen LogP contribution in [-0.2, 0) is 33.3 Å². The molecule has 0 heterocycles. The van der Waals surface area contributed by atoms with Crippen LogP contribution in [0.1, 0.15) is 16.7 Å². The zero-order valence-corrected chi connectivity index (χ0v) is 15.8. The Hall–Kier alpha value is -2.60. The standard InChI is InChI=1S/C18H15F6NO4S/c19-17(20,21)16(27,18(22,23)24)13-5-7-14(8-6-13)25-15(26)9-11-1-3-12(4-2-11)10-30(28)29/h1-8,27,30H,9-10H2,(H,25,26). The Kier molecular flexibility index (Phi) is 6.82. The zero-order chi connectivity index (χ0) is 22.7. The van der Waals surface area contributed by atoms with Crippen LogP contribution in [0, 0.1) is 0 Å². The van der Waals surface area contributed by atoms with Crippen molar-refractivity contribution in [2.24, 2.45) is 0 Å². The monoisotopic (exact) mass is 455 g/mol. The summed E-state index contributed by atoms with van der Waals surface area (Å²) < 4.78 is 98.5. The Morgan fingerprint density at radius 2 is 1.30 bits per heavy atom. The molecule has 0 radical (unpaired) electrons. The van der Waals surface area contributed by atoms with Crippen molar-refractivity contribution in [1.82, 2.24) is 0 Å². The fraction of sp³-hybridized carbons (Fsp3) is 0.278. The highest BCUT2D eigenvalue weighted by molar-refractivity contribution is 7.71. The average molecular weight is 455 g/mol. The van der Waals surface area contributed by atoms with Crippen molar-refractivity contribution < 1.29 is 44.7 Å². The Bertz CT molecular complexity index is 944. The lowest BCUT2D eigenvalue weighted by Gasteiger charge is -2.32. The number of halogens is 6. The molecular weight excluding hydrogens is 440 g/mol. The molecule has 2 rings (SSSR count). The molecule has 0 spiro atoms. The molecule has 0 fully saturated rings. The van der Waals surface area contributed by atoms with E-state index in [1.807, 2.05) is 0 Å². The molecule has 0 aromatic heterocycles. The SMILES string of the molecule is O=C(Cc1ccc(C[SH](=O)=O)cc1)Nc1ccc(C(O)(C(F)(F)F)C(F)(F)F)cc1. The highest BCUT2D eigenvalue weighted by atomic mass is 32.2. The number of carbonyl (C=O) groups is 1. The molecule has 164 valence electrons. The van der Waals surface area contributed by atoms with Crippen LogP contribution < -0.4 is 5.32 Å². The number of amides is 1. The molecule has 0 aliphatic carbocycles. The second-order valence-electron chi connectivity index (χ2n) is 6.32. The lowest BCUT2D eigenvalue weighted by atomic mass is 9.92. The van der Waals surface area contributed by atoms with Crippen molar-refractivity contribution in [3.8, 4) is 0 Å². The van der Waals surface area contributed by atoms with Crippen molar-refractivity contribution in [2.45, 2.75) is 30.1 Å². The van der Waals surface area contributed by atoms with Gasteiger partial charge in [-0.3, -0.25) is 4.79 Å². The van der Waals surface area contributed by atoms with E-state index < -0.39 is 40.1 Å². The van der Waals surface area contributed by atoms with E-state index in [1.165, 1.54) is 24.3 Å². The molecule has 0 bridgehead atoms. The van der Waals surface area contributed by atoms with E-state index in [0.717, 1.165) is 12.1 Å². The highest BCUT2D eigenvalue weighted by Crippen LogP contribution is 2.50. The molecule has 0 saturated carbocycles. The van der Waals surface area contributed by atoms with Crippen LogP contribution in [0.3, 0.4) is 0 Å². The van der Waals surface area contributed by atoms with E-state index in [9.17, 15) is 44.7 Å². The Morgan fingerprint density at radius 3 is 1.73 bits per heavy atom. The van der Waals surface area contributed by atoms with Gasteiger partial charge in [-0.25, -0.2) is 8.42 Å². The topological polar surface area (TPSA) is 83.5 Å². The first-order chi connectivity index (χ1) is 13.7. The van der Waals surface area contributed by atoms with E-state index in [0.29, 0.717) is 23.3 Å². The molecule has 2 N–H and O–H groups in total. The van der Waals surface area contributed by atoms with E-state index in [-0.39, 0.29) is 17.9 Å². The molecule has 0 saturated heterocycles. The first-order valence-corrected chi connectivity index (χ1v) is 9.56. The van der Waals surface area contributed by atoms with Crippen molar-refractivity contribution in [1.29, 1.82) is 0 Å². The first-order valence-electron chi connectivity index (χ1n) is 8.20. The van der Waals surface area contributed by atoms with Gasteiger partial charge >= 0.3 is 12.4 Å². The molecule has 2 aromatic carbocycles. The normalized spacial score (nSPS) is 12.8. The van der Waals surface area contributed by atoms with Crippen molar-refractivity contribution in [3.63, 3.8) is 0 Å². The predicted molar refractivity (Wildman–Crippen MR) is 95.2 cm³/mol. The van der Waals surface area contributed by atoms with Gasteiger partial charge in [0.2, 0.25) is 5.91 Å². The Labute approximate surface area is 168 Å². The van der Waals surface area contributed by atoms with Crippen LogP contribution in [0.2, 0.25) is 0 Å². The highest BCUT2D eigenvalue weighted by Gasteiger charge is 2.71. The molecule has 0 aliphatic rings. The zero-order valence-electron chi connectivity index (χ0n) is 14.9.